The van der Waals surface area contributed by atoms with E-state index in [0.717, 1.165) is 0 Å². The van der Waals surface area contributed by atoms with Crippen LogP contribution in [0.4, 0.5) is 5.69 Å². The summed E-state index contributed by atoms with van der Waals surface area (Å²) < 4.78 is 11.0. The van der Waals surface area contributed by atoms with E-state index in [-0.39, 0.29) is 11.7 Å². The fourth-order valence-corrected chi connectivity index (χ4v) is 2.73. The zero-order valence-electron chi connectivity index (χ0n) is 15.7. The van der Waals surface area contributed by atoms with Crippen LogP contribution in [0.25, 0.3) is 0 Å². The van der Waals surface area contributed by atoms with Crippen molar-refractivity contribution in [3.05, 3.63) is 90.0 Å². The summed E-state index contributed by atoms with van der Waals surface area (Å²) >= 11 is 0. The number of amides is 1. The van der Waals surface area contributed by atoms with Gasteiger partial charge in [-0.15, -0.1) is 0 Å². The molecule has 5 nitrogen and oxygen atoms in total. The first-order valence-corrected chi connectivity index (χ1v) is 8.89. The highest BCUT2D eigenvalue weighted by Crippen LogP contribution is 2.27. The summed E-state index contributed by atoms with van der Waals surface area (Å²) in [5.41, 5.74) is 1.42. The Morgan fingerprint density at radius 2 is 1.43 bits per heavy atom. The van der Waals surface area contributed by atoms with E-state index in [1.165, 1.54) is 0 Å². The third-order valence-electron chi connectivity index (χ3n) is 4.21. The molecule has 1 atom stereocenters. The zero-order valence-corrected chi connectivity index (χ0v) is 15.7. The second-order valence-corrected chi connectivity index (χ2v) is 6.14. The van der Waals surface area contributed by atoms with Gasteiger partial charge in [-0.2, -0.15) is 0 Å². The molecule has 142 valence electrons. The first-order valence-electron chi connectivity index (χ1n) is 8.89. The Hall–Kier alpha value is -3.60. The molecule has 0 saturated heterocycles. The quantitative estimate of drug-likeness (QED) is 0.624. The van der Waals surface area contributed by atoms with Crippen molar-refractivity contribution in [1.29, 1.82) is 0 Å². The monoisotopic (exact) mass is 375 g/mol. The molecule has 0 saturated carbocycles. The lowest BCUT2D eigenvalue weighted by Crippen LogP contribution is -2.30. The number of carbonyl (C=O) groups is 2. The molecular formula is C23H21NO4. The average molecular weight is 375 g/mol. The van der Waals surface area contributed by atoms with Crippen molar-refractivity contribution in [3.63, 3.8) is 0 Å². The highest BCUT2D eigenvalue weighted by molar-refractivity contribution is 6.14. The molecule has 0 aliphatic rings. The molecule has 0 heterocycles. The number of ketones is 1. The molecule has 0 bridgehead atoms. The molecule has 0 aromatic heterocycles. The van der Waals surface area contributed by atoms with Crippen LogP contribution in [-0.4, -0.2) is 24.9 Å². The van der Waals surface area contributed by atoms with Crippen LogP contribution < -0.4 is 14.8 Å². The summed E-state index contributed by atoms with van der Waals surface area (Å²) in [6.45, 7) is 1.64. The number of hydrogen-bond donors (Lipinski definition) is 1. The molecule has 5 heteroatoms. The Labute approximate surface area is 163 Å². The third-order valence-corrected chi connectivity index (χ3v) is 4.21. The van der Waals surface area contributed by atoms with E-state index in [2.05, 4.69) is 5.32 Å². The van der Waals surface area contributed by atoms with Gasteiger partial charge in [0, 0.05) is 11.1 Å². The predicted molar refractivity (Wildman–Crippen MR) is 108 cm³/mol. The summed E-state index contributed by atoms with van der Waals surface area (Å²) in [6.07, 6.45) is -0.781. The Kier molecular flexibility index (Phi) is 6.07. The second-order valence-electron chi connectivity index (χ2n) is 6.14. The molecule has 1 amide bonds. The fourth-order valence-electron chi connectivity index (χ4n) is 2.73. The number of methoxy groups -OCH3 is 1. The lowest BCUT2D eigenvalue weighted by atomic mass is 10.0. The lowest BCUT2D eigenvalue weighted by Gasteiger charge is -2.17. The van der Waals surface area contributed by atoms with E-state index in [1.54, 1.807) is 80.8 Å². The number of hydrogen-bond acceptors (Lipinski definition) is 4. The minimum Gasteiger partial charge on any atom is -0.493 e. The van der Waals surface area contributed by atoms with E-state index in [9.17, 15) is 9.59 Å². The molecule has 3 rings (SSSR count). The SMILES string of the molecule is COc1ccccc1OC(C)C(=O)Nc1ccccc1C(=O)c1ccccc1. The van der Waals surface area contributed by atoms with Crippen LogP contribution in [0.3, 0.4) is 0 Å². The van der Waals surface area contributed by atoms with E-state index in [1.807, 2.05) is 12.1 Å². The van der Waals surface area contributed by atoms with Gasteiger partial charge >= 0.3 is 0 Å². The van der Waals surface area contributed by atoms with Crippen LogP contribution in [0.2, 0.25) is 0 Å². The molecule has 1 unspecified atom stereocenters. The summed E-state index contributed by atoms with van der Waals surface area (Å²) in [5, 5.41) is 2.79. The average Bonchev–Trinajstić information content (AvgIpc) is 2.74. The van der Waals surface area contributed by atoms with Crippen molar-refractivity contribution in [3.8, 4) is 11.5 Å². The molecule has 28 heavy (non-hydrogen) atoms. The molecule has 0 radical (unpaired) electrons. The second kappa shape index (κ2) is 8.86. The number of ether oxygens (including phenoxy) is 2. The third kappa shape index (κ3) is 4.38. The van der Waals surface area contributed by atoms with Gasteiger partial charge in [-0.1, -0.05) is 54.6 Å². The van der Waals surface area contributed by atoms with Gasteiger partial charge in [0.1, 0.15) is 0 Å². The number of rotatable bonds is 7. The number of benzene rings is 3. The maximum Gasteiger partial charge on any atom is 0.265 e. The Morgan fingerprint density at radius 3 is 2.14 bits per heavy atom. The van der Waals surface area contributed by atoms with Crippen LogP contribution in [0.5, 0.6) is 11.5 Å². The van der Waals surface area contributed by atoms with E-state index < -0.39 is 6.10 Å². The molecule has 0 aliphatic heterocycles. The molecule has 3 aromatic carbocycles. The van der Waals surface area contributed by atoms with Crippen molar-refractivity contribution < 1.29 is 19.1 Å². The van der Waals surface area contributed by atoms with Crippen molar-refractivity contribution in [2.75, 3.05) is 12.4 Å². The van der Waals surface area contributed by atoms with Gasteiger partial charge in [-0.05, 0) is 31.2 Å². The van der Waals surface area contributed by atoms with Gasteiger partial charge in [0.25, 0.3) is 5.91 Å². The van der Waals surface area contributed by atoms with Crippen LogP contribution in [0.1, 0.15) is 22.8 Å². The van der Waals surface area contributed by atoms with Gasteiger partial charge in [0.2, 0.25) is 0 Å². The first kappa shape index (κ1) is 19.2. The van der Waals surface area contributed by atoms with Crippen molar-refractivity contribution in [1.82, 2.24) is 0 Å². The topological polar surface area (TPSA) is 64.6 Å². The molecule has 3 aromatic rings. The van der Waals surface area contributed by atoms with E-state index >= 15 is 0 Å². The van der Waals surface area contributed by atoms with E-state index in [0.29, 0.717) is 28.3 Å². The van der Waals surface area contributed by atoms with Crippen molar-refractivity contribution >= 4 is 17.4 Å². The van der Waals surface area contributed by atoms with E-state index in [4.69, 9.17) is 9.47 Å². The lowest BCUT2D eigenvalue weighted by molar-refractivity contribution is -0.122. The van der Waals surface area contributed by atoms with Gasteiger partial charge < -0.3 is 14.8 Å². The van der Waals surface area contributed by atoms with Gasteiger partial charge in [-0.3, -0.25) is 9.59 Å². The molecule has 1 N–H and O–H groups in total. The Balaban J connectivity index is 1.76. The Bertz CT molecular complexity index is 969. The van der Waals surface area contributed by atoms with Crippen LogP contribution >= 0.6 is 0 Å². The predicted octanol–water partition coefficient (Wildman–Crippen LogP) is 4.33. The fraction of sp³-hybridized carbons (Fsp3) is 0.130. The first-order chi connectivity index (χ1) is 13.6. The van der Waals surface area contributed by atoms with Gasteiger partial charge in [0.15, 0.2) is 23.4 Å². The van der Waals surface area contributed by atoms with Crippen molar-refractivity contribution in [2.45, 2.75) is 13.0 Å². The maximum absolute atomic E-state index is 12.8. The summed E-state index contributed by atoms with van der Waals surface area (Å²) in [5.74, 6) is 0.497. The smallest absolute Gasteiger partial charge is 0.265 e. The number of anilines is 1. The normalized spacial score (nSPS) is 11.4. The number of carbonyl (C=O) groups excluding carboxylic acids is 2. The largest absolute Gasteiger partial charge is 0.493 e. The maximum atomic E-state index is 12.8. The summed E-state index contributed by atoms with van der Waals surface area (Å²) in [4.78, 5) is 25.4. The van der Waals surface area contributed by atoms with Crippen LogP contribution in [-0.2, 0) is 4.79 Å². The Morgan fingerprint density at radius 1 is 0.821 bits per heavy atom. The minimum atomic E-state index is -0.781. The molecule has 0 spiro atoms. The van der Waals surface area contributed by atoms with Gasteiger partial charge in [0.05, 0.1) is 12.8 Å². The molecular weight excluding hydrogens is 354 g/mol. The van der Waals surface area contributed by atoms with Gasteiger partial charge in [-0.25, -0.2) is 0 Å². The summed E-state index contributed by atoms with van der Waals surface area (Å²) in [7, 11) is 1.54. The highest BCUT2D eigenvalue weighted by Gasteiger charge is 2.20. The van der Waals surface area contributed by atoms with Crippen LogP contribution in [0.15, 0.2) is 78.9 Å². The molecule has 0 aliphatic carbocycles. The van der Waals surface area contributed by atoms with Crippen LogP contribution in [0, 0.1) is 0 Å². The number of para-hydroxylation sites is 3. The van der Waals surface area contributed by atoms with Crippen molar-refractivity contribution in [2.24, 2.45) is 0 Å². The standard InChI is InChI=1S/C23H21NO4/c1-16(28-21-15-9-8-14-20(21)27-2)23(26)24-19-13-7-6-12-18(19)22(25)17-10-4-3-5-11-17/h3-16H,1-2H3,(H,24,26). The zero-order chi connectivity index (χ0) is 19.9. The highest BCUT2D eigenvalue weighted by atomic mass is 16.5. The minimum absolute atomic E-state index is 0.158. The summed E-state index contributed by atoms with van der Waals surface area (Å²) in [6, 6.07) is 23.0. The number of nitrogens with one attached hydrogen (secondary N) is 1. The molecule has 0 fully saturated rings.